The molecule has 0 unspecified atom stereocenters. The molecule has 0 atom stereocenters. The molecule has 0 fully saturated rings. The first-order valence-electron chi connectivity index (χ1n) is 9.00. The molecule has 0 saturated carbocycles. The summed E-state index contributed by atoms with van der Waals surface area (Å²) in [5, 5.41) is 6.08. The molecule has 0 aliphatic heterocycles. The van der Waals surface area contributed by atoms with E-state index < -0.39 is 0 Å². The monoisotopic (exact) mass is 377 g/mol. The van der Waals surface area contributed by atoms with Crippen LogP contribution in [0.2, 0.25) is 0 Å². The Bertz CT molecular complexity index is 957. The highest BCUT2D eigenvalue weighted by Crippen LogP contribution is 2.27. The van der Waals surface area contributed by atoms with Gasteiger partial charge in [0.05, 0.1) is 24.6 Å². The van der Waals surface area contributed by atoms with Gasteiger partial charge in [0.15, 0.2) is 0 Å². The molecule has 0 saturated heterocycles. The van der Waals surface area contributed by atoms with Crippen LogP contribution in [0.1, 0.15) is 24.2 Å². The van der Waals surface area contributed by atoms with Gasteiger partial charge >= 0.3 is 0 Å². The minimum atomic E-state index is -0.245. The molecule has 3 rings (SSSR count). The van der Waals surface area contributed by atoms with Gasteiger partial charge in [-0.25, -0.2) is 4.98 Å². The third-order valence-electron chi connectivity index (χ3n) is 3.89. The number of pyridine rings is 1. The van der Waals surface area contributed by atoms with Gasteiger partial charge in [-0.2, -0.15) is 0 Å². The van der Waals surface area contributed by atoms with Crippen LogP contribution in [-0.2, 0) is 0 Å². The van der Waals surface area contributed by atoms with Crippen LogP contribution in [0, 0.1) is 0 Å². The molecule has 6 nitrogen and oxygen atoms in total. The van der Waals surface area contributed by atoms with Crippen LogP contribution in [0.25, 0.3) is 0 Å². The predicted octanol–water partition coefficient (Wildman–Crippen LogP) is 4.87. The molecule has 3 aromatic rings. The van der Waals surface area contributed by atoms with E-state index in [0.717, 1.165) is 5.69 Å². The molecule has 0 bridgehead atoms. The van der Waals surface area contributed by atoms with Gasteiger partial charge in [-0.15, -0.1) is 0 Å². The fourth-order valence-corrected chi connectivity index (χ4v) is 2.65. The second-order valence-corrected chi connectivity index (χ2v) is 6.37. The van der Waals surface area contributed by atoms with Gasteiger partial charge in [0, 0.05) is 11.8 Å². The Balaban J connectivity index is 1.78. The highest BCUT2D eigenvalue weighted by atomic mass is 16.5. The zero-order chi connectivity index (χ0) is 19.9. The van der Waals surface area contributed by atoms with Crippen molar-refractivity contribution in [3.63, 3.8) is 0 Å². The molecular formula is C22H23N3O3. The number of rotatable bonds is 7. The summed E-state index contributed by atoms with van der Waals surface area (Å²) in [6.07, 6.45) is 1.60. The molecule has 0 aliphatic carbocycles. The van der Waals surface area contributed by atoms with Crippen molar-refractivity contribution in [2.45, 2.75) is 20.0 Å². The van der Waals surface area contributed by atoms with Gasteiger partial charge in [-0.3, -0.25) is 4.79 Å². The number of ether oxygens (including phenoxy) is 2. The Morgan fingerprint density at radius 2 is 1.64 bits per heavy atom. The molecule has 144 valence electrons. The zero-order valence-electron chi connectivity index (χ0n) is 16.1. The minimum Gasteiger partial charge on any atom is -0.495 e. The van der Waals surface area contributed by atoms with Crippen LogP contribution < -0.4 is 20.1 Å². The topological polar surface area (TPSA) is 72.5 Å². The van der Waals surface area contributed by atoms with Crippen LogP contribution in [0.4, 0.5) is 17.2 Å². The zero-order valence-corrected chi connectivity index (χ0v) is 16.1. The number of nitrogens with zero attached hydrogens (tertiary/aromatic N) is 1. The Morgan fingerprint density at radius 3 is 2.36 bits per heavy atom. The SMILES string of the molecule is COc1ccccc1Nc1cc(C(=O)Nc2ccccc2OC(C)C)ccn1. The first-order chi connectivity index (χ1) is 13.6. The molecule has 6 heteroatoms. The quantitative estimate of drug-likeness (QED) is 0.614. The fraction of sp³-hybridized carbons (Fsp3) is 0.182. The number of hydrogen-bond acceptors (Lipinski definition) is 5. The van der Waals surface area contributed by atoms with Crippen molar-refractivity contribution in [3.05, 3.63) is 72.4 Å². The Morgan fingerprint density at radius 1 is 0.964 bits per heavy atom. The van der Waals surface area contributed by atoms with E-state index in [9.17, 15) is 4.79 Å². The molecule has 0 radical (unpaired) electrons. The van der Waals surface area contributed by atoms with Gasteiger partial charge in [-0.1, -0.05) is 24.3 Å². The maximum atomic E-state index is 12.7. The molecule has 1 amide bonds. The number of benzene rings is 2. The summed E-state index contributed by atoms with van der Waals surface area (Å²) in [4.78, 5) is 17.0. The lowest BCUT2D eigenvalue weighted by atomic mass is 10.2. The van der Waals surface area contributed by atoms with Crippen LogP contribution >= 0.6 is 0 Å². The van der Waals surface area contributed by atoms with Crippen molar-refractivity contribution in [1.82, 2.24) is 4.98 Å². The molecule has 28 heavy (non-hydrogen) atoms. The molecule has 2 N–H and O–H groups in total. The number of anilines is 3. The lowest BCUT2D eigenvalue weighted by Gasteiger charge is -2.15. The molecule has 1 aromatic heterocycles. The highest BCUT2D eigenvalue weighted by molar-refractivity contribution is 6.05. The largest absolute Gasteiger partial charge is 0.495 e. The standard InChI is InChI=1S/C22H23N3O3/c1-15(2)28-20-11-7-5-9-18(20)25-22(26)16-12-13-23-21(14-16)24-17-8-4-6-10-19(17)27-3/h4-15H,1-3H3,(H,23,24)(H,25,26). The number of nitrogens with one attached hydrogen (secondary N) is 2. The highest BCUT2D eigenvalue weighted by Gasteiger charge is 2.12. The van der Waals surface area contributed by atoms with E-state index in [1.807, 2.05) is 62.4 Å². The Labute approximate surface area is 164 Å². The van der Waals surface area contributed by atoms with Gasteiger partial charge in [0.1, 0.15) is 17.3 Å². The predicted molar refractivity (Wildman–Crippen MR) is 111 cm³/mol. The summed E-state index contributed by atoms with van der Waals surface area (Å²) in [5.74, 6) is 1.63. The fourth-order valence-electron chi connectivity index (χ4n) is 2.65. The first kappa shape index (κ1) is 19.2. The number of methoxy groups -OCH3 is 1. The number of carbonyl (C=O) groups is 1. The van der Waals surface area contributed by atoms with E-state index in [-0.39, 0.29) is 12.0 Å². The lowest BCUT2D eigenvalue weighted by Crippen LogP contribution is -2.14. The average Bonchev–Trinajstić information content (AvgIpc) is 2.70. The maximum absolute atomic E-state index is 12.7. The third kappa shape index (κ3) is 4.79. The van der Waals surface area contributed by atoms with Crippen LogP contribution in [0.15, 0.2) is 66.9 Å². The summed E-state index contributed by atoms with van der Waals surface area (Å²) in [5.41, 5.74) is 1.87. The van der Waals surface area contributed by atoms with Gasteiger partial charge in [0.2, 0.25) is 0 Å². The summed E-state index contributed by atoms with van der Waals surface area (Å²) >= 11 is 0. The van der Waals surface area contributed by atoms with Crippen molar-refractivity contribution in [3.8, 4) is 11.5 Å². The van der Waals surface area contributed by atoms with Crippen molar-refractivity contribution in [2.75, 3.05) is 17.7 Å². The van der Waals surface area contributed by atoms with E-state index >= 15 is 0 Å². The third-order valence-corrected chi connectivity index (χ3v) is 3.89. The Kier molecular flexibility index (Phi) is 6.11. The molecule has 2 aromatic carbocycles. The number of amides is 1. The van der Waals surface area contributed by atoms with Crippen LogP contribution in [0.3, 0.4) is 0 Å². The minimum absolute atomic E-state index is 0.00985. The molecule has 0 aliphatic rings. The van der Waals surface area contributed by atoms with E-state index in [2.05, 4.69) is 15.6 Å². The number of hydrogen-bond donors (Lipinski definition) is 2. The van der Waals surface area contributed by atoms with Crippen molar-refractivity contribution in [2.24, 2.45) is 0 Å². The number of carbonyl (C=O) groups excluding carboxylic acids is 1. The summed E-state index contributed by atoms with van der Waals surface area (Å²) < 4.78 is 11.1. The van der Waals surface area contributed by atoms with Gasteiger partial charge in [0.25, 0.3) is 5.91 Å². The molecular weight excluding hydrogens is 354 g/mol. The van der Waals surface area contributed by atoms with E-state index in [4.69, 9.17) is 9.47 Å². The number of aromatic nitrogens is 1. The second kappa shape index (κ2) is 8.90. The lowest BCUT2D eigenvalue weighted by molar-refractivity contribution is 0.102. The van der Waals surface area contributed by atoms with Gasteiger partial charge < -0.3 is 20.1 Å². The Hall–Kier alpha value is -3.54. The maximum Gasteiger partial charge on any atom is 0.255 e. The van der Waals surface area contributed by atoms with Crippen molar-refractivity contribution >= 4 is 23.1 Å². The van der Waals surface area contributed by atoms with E-state index in [1.54, 1.807) is 25.4 Å². The van der Waals surface area contributed by atoms with Crippen molar-refractivity contribution in [1.29, 1.82) is 0 Å². The van der Waals surface area contributed by atoms with Crippen LogP contribution in [0.5, 0.6) is 11.5 Å². The average molecular weight is 377 g/mol. The molecule has 1 heterocycles. The normalized spacial score (nSPS) is 10.4. The van der Waals surface area contributed by atoms with E-state index in [1.165, 1.54) is 0 Å². The molecule has 0 spiro atoms. The van der Waals surface area contributed by atoms with E-state index in [0.29, 0.717) is 28.6 Å². The summed E-state index contributed by atoms with van der Waals surface area (Å²) in [6, 6.07) is 18.2. The van der Waals surface area contributed by atoms with Crippen LogP contribution in [-0.4, -0.2) is 24.1 Å². The van der Waals surface area contributed by atoms with Crippen molar-refractivity contribution < 1.29 is 14.3 Å². The number of para-hydroxylation sites is 4. The van der Waals surface area contributed by atoms with Gasteiger partial charge in [-0.05, 0) is 50.2 Å². The summed E-state index contributed by atoms with van der Waals surface area (Å²) in [7, 11) is 1.61. The first-order valence-corrected chi connectivity index (χ1v) is 9.00. The smallest absolute Gasteiger partial charge is 0.255 e. The second-order valence-electron chi connectivity index (χ2n) is 6.37. The summed E-state index contributed by atoms with van der Waals surface area (Å²) in [6.45, 7) is 3.88.